The molecule has 3 aromatic rings. The number of aryl methyl sites for hydroxylation is 1. The fraction of sp³-hybridized carbons (Fsp3) is 0.321. The van der Waals surface area contributed by atoms with Crippen LogP contribution in [-0.4, -0.2) is 41.9 Å². The first kappa shape index (κ1) is 28.0. The summed E-state index contributed by atoms with van der Waals surface area (Å²) in [6, 6.07) is 15.5. The lowest BCUT2D eigenvalue weighted by molar-refractivity contribution is -0.128. The van der Waals surface area contributed by atoms with Gasteiger partial charge in [-0.3, -0.25) is 14.9 Å². The summed E-state index contributed by atoms with van der Waals surface area (Å²) in [4.78, 5) is 42.2. The van der Waals surface area contributed by atoms with Crippen molar-refractivity contribution in [2.75, 3.05) is 23.7 Å². The smallest absolute Gasteiger partial charge is 0.324 e. The van der Waals surface area contributed by atoms with Gasteiger partial charge in [-0.25, -0.2) is 4.79 Å². The minimum Gasteiger partial charge on any atom is -0.353 e. The molecule has 1 aromatic heterocycles. The highest BCUT2D eigenvalue weighted by atomic mass is 35.5. The van der Waals surface area contributed by atoms with Crippen molar-refractivity contribution in [2.24, 2.45) is 0 Å². The Labute approximate surface area is 236 Å². The van der Waals surface area contributed by atoms with Crippen LogP contribution < -0.4 is 16.0 Å². The lowest BCUT2D eigenvalue weighted by Gasteiger charge is -2.35. The monoisotopic (exact) mass is 572 g/mol. The molecule has 4 amide bonds. The second-order valence-electron chi connectivity index (χ2n) is 10.1. The molecule has 1 atom stereocenters. The minimum atomic E-state index is -0.610. The number of anilines is 2. The Balaban J connectivity index is 1.59. The molecule has 7 nitrogen and oxygen atoms in total. The Morgan fingerprint density at radius 2 is 1.82 bits per heavy atom. The predicted molar refractivity (Wildman–Crippen MR) is 155 cm³/mol. The van der Waals surface area contributed by atoms with Gasteiger partial charge in [0.15, 0.2) is 0 Å². The van der Waals surface area contributed by atoms with E-state index >= 15 is 0 Å². The maximum atomic E-state index is 13.9. The number of urea groups is 1. The number of hydrogen-bond donors (Lipinski definition) is 3. The van der Waals surface area contributed by atoms with Crippen LogP contribution in [0.2, 0.25) is 10.0 Å². The van der Waals surface area contributed by atoms with E-state index in [1.807, 2.05) is 57.2 Å². The van der Waals surface area contributed by atoms with Crippen molar-refractivity contribution in [3.05, 3.63) is 80.6 Å². The Hall–Kier alpha value is -3.07. The van der Waals surface area contributed by atoms with Crippen molar-refractivity contribution in [1.29, 1.82) is 0 Å². The Kier molecular flexibility index (Phi) is 8.65. The highest BCUT2D eigenvalue weighted by Crippen LogP contribution is 2.37. The molecule has 38 heavy (non-hydrogen) atoms. The number of nitrogens with one attached hydrogen (secondary N) is 3. The topological polar surface area (TPSA) is 90.5 Å². The van der Waals surface area contributed by atoms with E-state index in [0.717, 1.165) is 10.4 Å². The first-order valence-electron chi connectivity index (χ1n) is 12.3. The van der Waals surface area contributed by atoms with E-state index in [2.05, 4.69) is 16.0 Å². The van der Waals surface area contributed by atoms with Crippen LogP contribution in [0.5, 0.6) is 0 Å². The third-order valence-electron chi connectivity index (χ3n) is 6.27. The number of rotatable bonds is 6. The zero-order valence-electron chi connectivity index (χ0n) is 21.4. The van der Waals surface area contributed by atoms with Crippen molar-refractivity contribution >= 4 is 63.1 Å². The van der Waals surface area contributed by atoms with Gasteiger partial charge in [0.1, 0.15) is 11.0 Å². The number of thiophene rings is 1. The molecule has 0 aliphatic carbocycles. The quantitative estimate of drug-likeness (QED) is 0.312. The molecule has 0 bridgehead atoms. The van der Waals surface area contributed by atoms with E-state index in [1.54, 1.807) is 23.1 Å². The van der Waals surface area contributed by atoms with E-state index in [9.17, 15) is 14.4 Å². The maximum Gasteiger partial charge on any atom is 0.324 e. The second kappa shape index (κ2) is 11.8. The normalized spacial score (nSPS) is 15.7. The number of carbonyl (C=O) groups excluding carboxylic acids is 3. The van der Waals surface area contributed by atoms with Crippen LogP contribution >= 0.6 is 34.5 Å². The third kappa shape index (κ3) is 6.49. The van der Waals surface area contributed by atoms with Crippen molar-refractivity contribution in [3.63, 3.8) is 0 Å². The van der Waals surface area contributed by atoms with Crippen molar-refractivity contribution in [3.8, 4) is 0 Å². The van der Waals surface area contributed by atoms with Gasteiger partial charge in [-0.05, 0) is 42.0 Å². The molecule has 0 saturated carbocycles. The number of benzene rings is 2. The maximum absolute atomic E-state index is 13.9. The summed E-state index contributed by atoms with van der Waals surface area (Å²) in [5.41, 5.74) is 1.55. The highest BCUT2D eigenvalue weighted by Gasteiger charge is 2.35. The molecular weight excluding hydrogens is 543 g/mol. The van der Waals surface area contributed by atoms with Crippen LogP contribution in [0.25, 0.3) is 0 Å². The SMILES string of the molecule is CC(C)(C)c1cc(C(=O)N2CCNC(=O)C2CCc2ccccc2)c(NC(=O)Nc2cccc(Cl)c2Cl)s1. The summed E-state index contributed by atoms with van der Waals surface area (Å²) in [5.74, 6) is -0.463. The molecule has 1 fully saturated rings. The highest BCUT2D eigenvalue weighted by molar-refractivity contribution is 7.16. The van der Waals surface area contributed by atoms with E-state index < -0.39 is 12.1 Å². The molecule has 1 aliphatic heterocycles. The van der Waals surface area contributed by atoms with Gasteiger partial charge in [-0.1, -0.05) is 80.4 Å². The number of halogens is 2. The van der Waals surface area contributed by atoms with Crippen molar-refractivity contribution in [2.45, 2.75) is 45.1 Å². The molecule has 4 rings (SSSR count). The van der Waals surface area contributed by atoms with Gasteiger partial charge in [0.05, 0.1) is 21.3 Å². The second-order valence-corrected chi connectivity index (χ2v) is 12.0. The molecule has 10 heteroatoms. The average molecular weight is 574 g/mol. The summed E-state index contributed by atoms with van der Waals surface area (Å²) in [6.07, 6.45) is 1.15. The summed E-state index contributed by atoms with van der Waals surface area (Å²) in [6.45, 7) is 6.88. The fourth-order valence-corrected chi connectivity index (χ4v) is 5.67. The van der Waals surface area contributed by atoms with Crippen LogP contribution in [0.4, 0.5) is 15.5 Å². The predicted octanol–water partition coefficient (Wildman–Crippen LogP) is 6.57. The molecule has 3 N–H and O–H groups in total. The van der Waals surface area contributed by atoms with Crippen LogP contribution in [0.1, 0.15) is 48.0 Å². The molecular formula is C28H30Cl2N4O3S. The molecule has 1 unspecified atom stereocenters. The van der Waals surface area contributed by atoms with E-state index in [-0.39, 0.29) is 22.3 Å². The number of carbonyl (C=O) groups is 3. The molecule has 2 aromatic carbocycles. The lowest BCUT2D eigenvalue weighted by Crippen LogP contribution is -2.57. The number of hydrogen-bond acceptors (Lipinski definition) is 4. The van der Waals surface area contributed by atoms with Crippen LogP contribution in [0.3, 0.4) is 0 Å². The summed E-state index contributed by atoms with van der Waals surface area (Å²) in [5, 5.41) is 9.35. The minimum absolute atomic E-state index is 0.172. The molecule has 1 aliphatic rings. The lowest BCUT2D eigenvalue weighted by atomic mass is 9.94. The zero-order chi connectivity index (χ0) is 27.4. The van der Waals surface area contributed by atoms with Crippen molar-refractivity contribution < 1.29 is 14.4 Å². The number of nitrogens with zero attached hydrogens (tertiary/aromatic N) is 1. The van der Waals surface area contributed by atoms with Crippen LogP contribution in [0.15, 0.2) is 54.6 Å². The molecule has 0 spiro atoms. The van der Waals surface area contributed by atoms with Gasteiger partial charge >= 0.3 is 6.03 Å². The van der Waals surface area contributed by atoms with Crippen LogP contribution in [-0.2, 0) is 16.6 Å². The first-order chi connectivity index (χ1) is 18.0. The molecule has 2 heterocycles. The van der Waals surface area contributed by atoms with E-state index in [1.165, 1.54) is 11.3 Å². The summed E-state index contributed by atoms with van der Waals surface area (Å²) < 4.78 is 0. The summed E-state index contributed by atoms with van der Waals surface area (Å²) >= 11 is 13.6. The van der Waals surface area contributed by atoms with Gasteiger partial charge in [-0.15, -0.1) is 11.3 Å². The number of piperazine rings is 1. The standard InChI is InChI=1S/C28H30Cl2N4O3S/c1-28(2,3)22-16-18(25(38-22)33-27(37)32-20-11-7-10-19(29)23(20)30)26(36)34-15-14-31-24(35)21(34)13-12-17-8-5-4-6-9-17/h4-11,16,21H,12-15H2,1-3H3,(H,31,35)(H2,32,33,37). The van der Waals surface area contributed by atoms with E-state index in [0.29, 0.717) is 47.2 Å². The van der Waals surface area contributed by atoms with Crippen molar-refractivity contribution in [1.82, 2.24) is 10.2 Å². The molecule has 200 valence electrons. The average Bonchev–Trinajstić information content (AvgIpc) is 3.30. The Morgan fingerprint density at radius 1 is 1.08 bits per heavy atom. The van der Waals surface area contributed by atoms with Gasteiger partial charge < -0.3 is 15.5 Å². The summed E-state index contributed by atoms with van der Waals surface area (Å²) in [7, 11) is 0. The third-order valence-corrected chi connectivity index (χ3v) is 8.56. The van der Waals surface area contributed by atoms with Gasteiger partial charge in [-0.2, -0.15) is 0 Å². The van der Waals surface area contributed by atoms with E-state index in [4.69, 9.17) is 23.2 Å². The Morgan fingerprint density at radius 3 is 2.53 bits per heavy atom. The zero-order valence-corrected chi connectivity index (χ0v) is 23.8. The first-order valence-corrected chi connectivity index (χ1v) is 13.9. The Bertz CT molecular complexity index is 1340. The largest absolute Gasteiger partial charge is 0.353 e. The van der Waals surface area contributed by atoms with Gasteiger partial charge in [0.25, 0.3) is 5.91 Å². The molecule has 1 saturated heterocycles. The van der Waals surface area contributed by atoms with Crippen LogP contribution in [0, 0.1) is 0 Å². The van der Waals surface area contributed by atoms with Gasteiger partial charge in [0, 0.05) is 18.0 Å². The number of amides is 4. The molecule has 0 radical (unpaired) electrons. The van der Waals surface area contributed by atoms with Gasteiger partial charge in [0.2, 0.25) is 5.91 Å². The fourth-order valence-electron chi connectivity index (χ4n) is 4.22.